The van der Waals surface area contributed by atoms with Gasteiger partial charge in [0.15, 0.2) is 0 Å². The summed E-state index contributed by atoms with van der Waals surface area (Å²) < 4.78 is 5.64. The molecule has 21 heavy (non-hydrogen) atoms. The lowest BCUT2D eigenvalue weighted by atomic mass is 10.0. The third-order valence-electron chi connectivity index (χ3n) is 3.17. The quantitative estimate of drug-likeness (QED) is 0.689. The zero-order valence-corrected chi connectivity index (χ0v) is 14.0. The summed E-state index contributed by atoms with van der Waals surface area (Å²) in [6.45, 7) is 5.53. The first kappa shape index (κ1) is 19.7. The second-order valence-corrected chi connectivity index (χ2v) is 4.71. The van der Waals surface area contributed by atoms with Gasteiger partial charge < -0.3 is 15.4 Å². The minimum Gasteiger partial charge on any atom is -0.494 e. The van der Waals surface area contributed by atoms with Crippen molar-refractivity contribution < 1.29 is 9.53 Å². The van der Waals surface area contributed by atoms with E-state index in [1.807, 2.05) is 38.2 Å². The van der Waals surface area contributed by atoms with Crippen LogP contribution in [0.3, 0.4) is 0 Å². The summed E-state index contributed by atoms with van der Waals surface area (Å²) in [6, 6.07) is 7.92. The molecule has 0 aromatic heterocycles. The standard InChI is InChI=1S/C16H26N2O2.ClH/c1-4-14(18-16(19)11-8-12-17-3)13-9-6-7-10-15(13)20-5-2;/h6-7,9-10,14,17H,4-5,8,11-12H2,1-3H3,(H,18,19);1H. The van der Waals surface area contributed by atoms with Gasteiger partial charge in [-0.15, -0.1) is 12.4 Å². The van der Waals surface area contributed by atoms with Crippen molar-refractivity contribution in [2.45, 2.75) is 39.2 Å². The Morgan fingerprint density at radius 2 is 2.00 bits per heavy atom. The summed E-state index contributed by atoms with van der Waals surface area (Å²) in [5.74, 6) is 0.954. The molecule has 1 aromatic rings. The molecule has 0 heterocycles. The van der Waals surface area contributed by atoms with Gasteiger partial charge in [0.05, 0.1) is 12.6 Å². The van der Waals surface area contributed by atoms with Gasteiger partial charge in [-0.1, -0.05) is 25.1 Å². The topological polar surface area (TPSA) is 50.4 Å². The van der Waals surface area contributed by atoms with Crippen molar-refractivity contribution in [3.63, 3.8) is 0 Å². The van der Waals surface area contributed by atoms with E-state index >= 15 is 0 Å². The van der Waals surface area contributed by atoms with Crippen LogP contribution in [0.15, 0.2) is 24.3 Å². The normalized spacial score (nSPS) is 11.4. The van der Waals surface area contributed by atoms with E-state index in [4.69, 9.17) is 4.74 Å². The molecule has 0 radical (unpaired) electrons. The number of nitrogens with one attached hydrogen (secondary N) is 2. The van der Waals surface area contributed by atoms with Crippen molar-refractivity contribution in [2.75, 3.05) is 20.2 Å². The number of halogens is 1. The van der Waals surface area contributed by atoms with E-state index in [-0.39, 0.29) is 24.4 Å². The van der Waals surface area contributed by atoms with Crippen LogP contribution in [0.1, 0.15) is 44.7 Å². The Hall–Kier alpha value is -1.26. The van der Waals surface area contributed by atoms with Gasteiger partial charge in [0.2, 0.25) is 5.91 Å². The number of hydrogen-bond acceptors (Lipinski definition) is 3. The van der Waals surface area contributed by atoms with Gasteiger partial charge in [-0.25, -0.2) is 0 Å². The monoisotopic (exact) mass is 314 g/mol. The summed E-state index contributed by atoms with van der Waals surface area (Å²) in [5.41, 5.74) is 1.05. The highest BCUT2D eigenvalue weighted by molar-refractivity contribution is 5.85. The van der Waals surface area contributed by atoms with E-state index in [1.54, 1.807) is 0 Å². The molecule has 2 N–H and O–H groups in total. The fourth-order valence-corrected chi connectivity index (χ4v) is 2.15. The van der Waals surface area contributed by atoms with Crippen LogP contribution in [0.25, 0.3) is 0 Å². The van der Waals surface area contributed by atoms with Crippen LogP contribution in [-0.2, 0) is 4.79 Å². The van der Waals surface area contributed by atoms with Crippen LogP contribution in [0, 0.1) is 0 Å². The number of carbonyl (C=O) groups excluding carboxylic acids is 1. The van der Waals surface area contributed by atoms with E-state index in [0.29, 0.717) is 13.0 Å². The average molecular weight is 315 g/mol. The molecule has 0 spiro atoms. The first-order valence-corrected chi connectivity index (χ1v) is 7.38. The zero-order chi connectivity index (χ0) is 14.8. The molecule has 0 saturated carbocycles. The maximum Gasteiger partial charge on any atom is 0.220 e. The number of ether oxygens (including phenoxy) is 1. The minimum absolute atomic E-state index is 0. The number of carbonyl (C=O) groups is 1. The zero-order valence-electron chi connectivity index (χ0n) is 13.1. The first-order valence-electron chi connectivity index (χ1n) is 7.38. The molecule has 120 valence electrons. The molecule has 1 atom stereocenters. The van der Waals surface area contributed by atoms with Gasteiger partial charge in [-0.2, -0.15) is 0 Å². The highest BCUT2D eigenvalue weighted by Crippen LogP contribution is 2.27. The lowest BCUT2D eigenvalue weighted by Crippen LogP contribution is -2.28. The summed E-state index contributed by atoms with van der Waals surface area (Å²) in [5, 5.41) is 6.14. The number of para-hydroxylation sites is 1. The lowest BCUT2D eigenvalue weighted by molar-refractivity contribution is -0.121. The average Bonchev–Trinajstić information content (AvgIpc) is 2.46. The molecule has 1 amide bonds. The smallest absolute Gasteiger partial charge is 0.220 e. The molecule has 0 fully saturated rings. The second kappa shape index (κ2) is 11.4. The third kappa shape index (κ3) is 6.82. The largest absolute Gasteiger partial charge is 0.494 e. The van der Waals surface area contributed by atoms with Crippen molar-refractivity contribution in [3.8, 4) is 5.75 Å². The highest BCUT2D eigenvalue weighted by Gasteiger charge is 2.16. The van der Waals surface area contributed by atoms with Crippen molar-refractivity contribution in [1.82, 2.24) is 10.6 Å². The van der Waals surface area contributed by atoms with E-state index in [9.17, 15) is 4.79 Å². The number of hydrogen-bond donors (Lipinski definition) is 2. The Morgan fingerprint density at radius 1 is 1.29 bits per heavy atom. The van der Waals surface area contributed by atoms with Gasteiger partial charge in [-0.3, -0.25) is 4.79 Å². The molecule has 0 bridgehead atoms. The van der Waals surface area contributed by atoms with Gasteiger partial charge in [0.25, 0.3) is 0 Å². The summed E-state index contributed by atoms with van der Waals surface area (Å²) in [4.78, 5) is 11.9. The fraction of sp³-hybridized carbons (Fsp3) is 0.562. The highest BCUT2D eigenvalue weighted by atomic mass is 35.5. The molecule has 0 aliphatic carbocycles. The van der Waals surface area contributed by atoms with Crippen LogP contribution in [0.2, 0.25) is 0 Å². The summed E-state index contributed by atoms with van der Waals surface area (Å²) in [7, 11) is 1.89. The second-order valence-electron chi connectivity index (χ2n) is 4.71. The van der Waals surface area contributed by atoms with Crippen LogP contribution in [0.4, 0.5) is 0 Å². The maximum absolute atomic E-state index is 11.9. The van der Waals surface area contributed by atoms with Crippen molar-refractivity contribution in [1.29, 1.82) is 0 Å². The minimum atomic E-state index is 0. The molecule has 5 heteroatoms. The van der Waals surface area contributed by atoms with Crippen LogP contribution in [-0.4, -0.2) is 26.1 Å². The van der Waals surface area contributed by atoms with Crippen molar-refractivity contribution in [2.24, 2.45) is 0 Å². The van der Waals surface area contributed by atoms with Gasteiger partial charge in [-0.05, 0) is 39.4 Å². The Labute approximate surface area is 134 Å². The molecule has 1 aromatic carbocycles. The Balaban J connectivity index is 0.00000400. The van der Waals surface area contributed by atoms with Crippen molar-refractivity contribution >= 4 is 18.3 Å². The number of rotatable bonds is 9. The first-order chi connectivity index (χ1) is 9.72. The van der Waals surface area contributed by atoms with E-state index in [1.165, 1.54) is 0 Å². The van der Waals surface area contributed by atoms with Crippen LogP contribution >= 0.6 is 12.4 Å². The predicted octanol–water partition coefficient (Wildman–Crippen LogP) is 3.07. The van der Waals surface area contributed by atoms with Crippen molar-refractivity contribution in [3.05, 3.63) is 29.8 Å². The Bertz CT molecular complexity index is 413. The van der Waals surface area contributed by atoms with Gasteiger partial charge in [0, 0.05) is 12.0 Å². The molecular formula is C16H27ClN2O2. The van der Waals surface area contributed by atoms with E-state index in [2.05, 4.69) is 17.6 Å². The summed E-state index contributed by atoms with van der Waals surface area (Å²) >= 11 is 0. The predicted molar refractivity (Wildman–Crippen MR) is 89.2 cm³/mol. The summed E-state index contributed by atoms with van der Waals surface area (Å²) in [6.07, 6.45) is 2.25. The fourth-order valence-electron chi connectivity index (χ4n) is 2.15. The molecule has 0 aliphatic rings. The molecule has 0 saturated heterocycles. The lowest BCUT2D eigenvalue weighted by Gasteiger charge is -2.20. The number of benzene rings is 1. The molecule has 4 nitrogen and oxygen atoms in total. The Morgan fingerprint density at radius 3 is 2.62 bits per heavy atom. The maximum atomic E-state index is 11.9. The Kier molecular flexibility index (Phi) is 10.7. The molecule has 1 unspecified atom stereocenters. The van der Waals surface area contributed by atoms with E-state index < -0.39 is 0 Å². The van der Waals surface area contributed by atoms with Crippen LogP contribution < -0.4 is 15.4 Å². The number of amides is 1. The van der Waals surface area contributed by atoms with Gasteiger partial charge in [0.1, 0.15) is 5.75 Å². The molecular weight excluding hydrogens is 288 g/mol. The van der Waals surface area contributed by atoms with Gasteiger partial charge >= 0.3 is 0 Å². The third-order valence-corrected chi connectivity index (χ3v) is 3.17. The van der Waals surface area contributed by atoms with Crippen LogP contribution in [0.5, 0.6) is 5.75 Å². The molecule has 1 rings (SSSR count). The SMILES string of the molecule is CCOc1ccccc1C(CC)NC(=O)CCCNC.Cl. The molecule has 0 aliphatic heterocycles. The van der Waals surface area contributed by atoms with E-state index in [0.717, 1.165) is 30.7 Å².